The number of ether oxygens (including phenoxy) is 1. The number of amides is 1. The average Bonchev–Trinajstić information content (AvgIpc) is 2.43. The van der Waals surface area contributed by atoms with E-state index in [1.807, 2.05) is 6.26 Å². The monoisotopic (exact) mass is 345 g/mol. The Kier molecular flexibility index (Phi) is 6.94. The highest BCUT2D eigenvalue weighted by atomic mass is 79.9. The minimum absolute atomic E-state index is 0.274. The predicted octanol–water partition coefficient (Wildman–Crippen LogP) is 2.47. The lowest BCUT2D eigenvalue weighted by Gasteiger charge is -2.16. The molecule has 0 heterocycles. The van der Waals surface area contributed by atoms with Crippen molar-refractivity contribution in [1.29, 1.82) is 0 Å². The second-order valence-electron chi connectivity index (χ2n) is 3.84. The van der Waals surface area contributed by atoms with Crippen molar-refractivity contribution < 1.29 is 14.3 Å². The fraction of sp³-hybridized carbons (Fsp3) is 0.385. The van der Waals surface area contributed by atoms with Gasteiger partial charge in [-0.15, -0.1) is 0 Å². The molecule has 0 aromatic heterocycles. The number of hydrogen-bond acceptors (Lipinski definition) is 4. The topological polar surface area (TPSA) is 55.4 Å². The van der Waals surface area contributed by atoms with E-state index in [-0.39, 0.29) is 5.91 Å². The molecule has 0 spiro atoms. The van der Waals surface area contributed by atoms with Crippen molar-refractivity contribution in [3.05, 3.63) is 34.3 Å². The minimum atomic E-state index is -0.603. The van der Waals surface area contributed by atoms with Crippen LogP contribution in [0.2, 0.25) is 0 Å². The molecule has 19 heavy (non-hydrogen) atoms. The molecule has 0 saturated heterocycles. The molecule has 0 aliphatic rings. The molecule has 4 nitrogen and oxygen atoms in total. The van der Waals surface area contributed by atoms with Crippen molar-refractivity contribution in [3.63, 3.8) is 0 Å². The molecule has 0 radical (unpaired) electrons. The van der Waals surface area contributed by atoms with Gasteiger partial charge in [0, 0.05) is 10.0 Å². The second kappa shape index (κ2) is 8.22. The maximum absolute atomic E-state index is 12.0. The summed E-state index contributed by atoms with van der Waals surface area (Å²) in [4.78, 5) is 23.6. The molecule has 1 amide bonds. The van der Waals surface area contributed by atoms with Crippen LogP contribution in [0.1, 0.15) is 16.8 Å². The second-order valence-corrected chi connectivity index (χ2v) is 5.74. The number of rotatable bonds is 6. The molecule has 0 saturated carbocycles. The van der Waals surface area contributed by atoms with Gasteiger partial charge in [0.1, 0.15) is 6.04 Å². The molecule has 0 bridgehead atoms. The van der Waals surface area contributed by atoms with Gasteiger partial charge < -0.3 is 10.1 Å². The van der Waals surface area contributed by atoms with Crippen LogP contribution < -0.4 is 5.32 Å². The van der Waals surface area contributed by atoms with Gasteiger partial charge in [0.25, 0.3) is 5.91 Å². The number of esters is 1. The van der Waals surface area contributed by atoms with E-state index in [9.17, 15) is 9.59 Å². The van der Waals surface area contributed by atoms with E-state index in [1.165, 1.54) is 7.11 Å². The maximum atomic E-state index is 12.0. The van der Waals surface area contributed by atoms with Crippen LogP contribution in [0.3, 0.4) is 0 Å². The Labute approximate surface area is 125 Å². The van der Waals surface area contributed by atoms with E-state index >= 15 is 0 Å². The number of benzene rings is 1. The Balaban J connectivity index is 2.69. The lowest BCUT2D eigenvalue weighted by molar-refractivity contribution is -0.142. The van der Waals surface area contributed by atoms with Gasteiger partial charge in [0.15, 0.2) is 0 Å². The van der Waals surface area contributed by atoms with Crippen molar-refractivity contribution in [1.82, 2.24) is 5.32 Å². The lowest BCUT2D eigenvalue weighted by atomic mass is 10.1. The fourth-order valence-electron chi connectivity index (χ4n) is 1.47. The average molecular weight is 346 g/mol. The molecule has 0 fully saturated rings. The maximum Gasteiger partial charge on any atom is 0.328 e. The summed E-state index contributed by atoms with van der Waals surface area (Å²) in [5.74, 6) is 0.0870. The van der Waals surface area contributed by atoms with Crippen molar-refractivity contribution in [2.45, 2.75) is 12.5 Å². The molecule has 1 atom stereocenters. The Hall–Kier alpha value is -1.01. The van der Waals surface area contributed by atoms with Crippen LogP contribution in [0.15, 0.2) is 28.7 Å². The number of halogens is 1. The van der Waals surface area contributed by atoms with Crippen LogP contribution in [0.4, 0.5) is 0 Å². The van der Waals surface area contributed by atoms with E-state index in [1.54, 1.807) is 36.0 Å². The molecule has 0 aliphatic carbocycles. The van der Waals surface area contributed by atoms with Gasteiger partial charge in [-0.05, 0) is 42.7 Å². The molecular formula is C13H16BrNO3S. The first-order valence-electron chi connectivity index (χ1n) is 5.71. The van der Waals surface area contributed by atoms with Crippen LogP contribution >= 0.6 is 27.7 Å². The summed E-state index contributed by atoms with van der Waals surface area (Å²) in [5.41, 5.74) is 0.515. The van der Waals surface area contributed by atoms with Crippen LogP contribution in [-0.4, -0.2) is 37.0 Å². The van der Waals surface area contributed by atoms with Crippen LogP contribution in [-0.2, 0) is 9.53 Å². The standard InChI is InChI=1S/C13H16BrNO3S/c1-18-13(17)11(7-8-19-2)15-12(16)9-3-5-10(14)6-4-9/h3-6,11H,7-8H2,1-2H3,(H,15,16)/t11-/m0/s1. The smallest absolute Gasteiger partial charge is 0.328 e. The molecule has 1 aromatic rings. The first-order chi connectivity index (χ1) is 9.08. The molecule has 1 N–H and O–H groups in total. The number of thioether (sulfide) groups is 1. The molecule has 1 rings (SSSR count). The summed E-state index contributed by atoms with van der Waals surface area (Å²) < 4.78 is 5.59. The van der Waals surface area contributed by atoms with E-state index < -0.39 is 12.0 Å². The normalized spacial score (nSPS) is 11.7. The van der Waals surface area contributed by atoms with Crippen LogP contribution in [0.25, 0.3) is 0 Å². The third-order valence-electron chi connectivity index (χ3n) is 2.51. The quantitative estimate of drug-likeness (QED) is 0.804. The van der Waals surface area contributed by atoms with Crippen LogP contribution in [0.5, 0.6) is 0 Å². The zero-order valence-electron chi connectivity index (χ0n) is 10.8. The molecule has 104 valence electrons. The minimum Gasteiger partial charge on any atom is -0.467 e. The Bertz CT molecular complexity index is 436. The lowest BCUT2D eigenvalue weighted by Crippen LogP contribution is -2.41. The van der Waals surface area contributed by atoms with Crippen LogP contribution in [0, 0.1) is 0 Å². The van der Waals surface area contributed by atoms with Crippen molar-refractivity contribution in [3.8, 4) is 0 Å². The van der Waals surface area contributed by atoms with Crippen molar-refractivity contribution in [2.75, 3.05) is 19.1 Å². The summed E-state index contributed by atoms with van der Waals surface area (Å²) in [5, 5.41) is 2.70. The van der Waals surface area contributed by atoms with Crippen molar-refractivity contribution >= 4 is 39.6 Å². The van der Waals surface area contributed by atoms with Gasteiger partial charge in [0.2, 0.25) is 0 Å². The van der Waals surface area contributed by atoms with Gasteiger partial charge in [0.05, 0.1) is 7.11 Å². The molecule has 0 aliphatic heterocycles. The van der Waals surface area contributed by atoms with E-state index in [0.717, 1.165) is 10.2 Å². The highest BCUT2D eigenvalue weighted by Gasteiger charge is 2.21. The SMILES string of the molecule is COC(=O)[C@H](CCSC)NC(=O)c1ccc(Br)cc1. The summed E-state index contributed by atoms with van der Waals surface area (Å²) in [6.07, 6.45) is 2.50. The van der Waals surface area contributed by atoms with Gasteiger partial charge in [-0.1, -0.05) is 15.9 Å². The summed E-state index contributed by atoms with van der Waals surface area (Å²) >= 11 is 4.92. The van der Waals surface area contributed by atoms with Crippen molar-refractivity contribution in [2.24, 2.45) is 0 Å². The number of nitrogens with one attached hydrogen (secondary N) is 1. The highest BCUT2D eigenvalue weighted by Crippen LogP contribution is 2.11. The van der Waals surface area contributed by atoms with Gasteiger partial charge in [-0.25, -0.2) is 4.79 Å². The first-order valence-corrected chi connectivity index (χ1v) is 7.90. The molecule has 1 aromatic carbocycles. The molecular weight excluding hydrogens is 330 g/mol. The number of carbonyl (C=O) groups excluding carboxylic acids is 2. The largest absolute Gasteiger partial charge is 0.467 e. The summed E-state index contributed by atoms with van der Waals surface area (Å²) in [6, 6.07) is 6.35. The Morgan fingerprint density at radius 1 is 1.37 bits per heavy atom. The zero-order chi connectivity index (χ0) is 14.3. The highest BCUT2D eigenvalue weighted by molar-refractivity contribution is 9.10. The molecule has 0 unspecified atom stereocenters. The number of hydrogen-bond donors (Lipinski definition) is 1. The van der Waals surface area contributed by atoms with Gasteiger partial charge in [-0.3, -0.25) is 4.79 Å². The zero-order valence-corrected chi connectivity index (χ0v) is 13.2. The predicted molar refractivity (Wildman–Crippen MR) is 80.4 cm³/mol. The summed E-state index contributed by atoms with van der Waals surface area (Å²) in [6.45, 7) is 0. The number of methoxy groups -OCH3 is 1. The van der Waals surface area contributed by atoms with Gasteiger partial charge >= 0.3 is 5.97 Å². The molecule has 6 heteroatoms. The van der Waals surface area contributed by atoms with Gasteiger partial charge in [-0.2, -0.15) is 11.8 Å². The Morgan fingerprint density at radius 3 is 2.53 bits per heavy atom. The first kappa shape index (κ1) is 16.0. The number of carbonyl (C=O) groups is 2. The Morgan fingerprint density at radius 2 is 2.00 bits per heavy atom. The fourth-order valence-corrected chi connectivity index (χ4v) is 2.21. The van der Waals surface area contributed by atoms with E-state index in [2.05, 4.69) is 21.2 Å². The third kappa shape index (κ3) is 5.24. The third-order valence-corrected chi connectivity index (χ3v) is 3.68. The summed E-state index contributed by atoms with van der Waals surface area (Å²) in [7, 11) is 1.32. The van der Waals surface area contributed by atoms with E-state index in [0.29, 0.717) is 12.0 Å². The van der Waals surface area contributed by atoms with E-state index in [4.69, 9.17) is 4.74 Å².